The summed E-state index contributed by atoms with van der Waals surface area (Å²) in [4.78, 5) is 12.3. The van der Waals surface area contributed by atoms with Crippen molar-refractivity contribution in [3.8, 4) is 0 Å². The van der Waals surface area contributed by atoms with Crippen LogP contribution in [0, 0.1) is 11.6 Å². The van der Waals surface area contributed by atoms with Crippen LogP contribution in [0.15, 0.2) is 42.5 Å². The summed E-state index contributed by atoms with van der Waals surface area (Å²) in [7, 11) is 0. The number of nitrogens with one attached hydrogen (secondary N) is 1. The van der Waals surface area contributed by atoms with Gasteiger partial charge in [-0.2, -0.15) is 0 Å². The minimum Gasteiger partial charge on any atom is -0.344 e. The Balaban J connectivity index is 1.83. The van der Waals surface area contributed by atoms with Crippen molar-refractivity contribution in [1.29, 1.82) is 0 Å². The molecule has 0 saturated carbocycles. The number of hydrogen-bond acceptors (Lipinski definition) is 1. The summed E-state index contributed by atoms with van der Waals surface area (Å²) >= 11 is 3.56. The second-order valence-electron chi connectivity index (χ2n) is 5.00. The van der Waals surface area contributed by atoms with Crippen LogP contribution in [-0.2, 0) is 6.42 Å². The average Bonchev–Trinajstić information content (AvgIpc) is 2.78. The molecule has 0 aliphatic heterocycles. The minimum absolute atomic E-state index is 0.0872. The third-order valence-electron chi connectivity index (χ3n) is 3.64. The fraction of sp³-hybridized carbons (Fsp3) is 0.188. The third-order valence-corrected chi connectivity index (χ3v) is 4.49. The van der Waals surface area contributed by atoms with Gasteiger partial charge in [0.15, 0.2) is 11.6 Å². The van der Waals surface area contributed by atoms with E-state index in [0.29, 0.717) is 0 Å². The summed E-state index contributed by atoms with van der Waals surface area (Å²) in [5, 5.41) is 2.87. The minimum atomic E-state index is -1.02. The number of carbonyl (C=O) groups excluding carboxylic acids is 1. The zero-order chi connectivity index (χ0) is 15.0. The number of hydrogen-bond donors (Lipinski definition) is 1. The largest absolute Gasteiger partial charge is 0.344 e. The van der Waals surface area contributed by atoms with E-state index in [9.17, 15) is 13.6 Å². The van der Waals surface area contributed by atoms with E-state index in [1.54, 1.807) is 0 Å². The number of fused-ring (bicyclic) bond motifs is 1. The van der Waals surface area contributed by atoms with Crippen LogP contribution in [0.25, 0.3) is 0 Å². The molecule has 3 rings (SSSR count). The number of rotatable bonds is 2. The molecule has 2 aromatic carbocycles. The van der Waals surface area contributed by atoms with E-state index < -0.39 is 17.5 Å². The van der Waals surface area contributed by atoms with Crippen LogP contribution >= 0.6 is 15.9 Å². The van der Waals surface area contributed by atoms with Gasteiger partial charge in [-0.1, -0.05) is 40.2 Å². The van der Waals surface area contributed by atoms with Gasteiger partial charge in [0.1, 0.15) is 0 Å². The zero-order valence-corrected chi connectivity index (χ0v) is 12.5. The van der Waals surface area contributed by atoms with E-state index in [2.05, 4.69) is 21.2 Å². The van der Waals surface area contributed by atoms with Crippen molar-refractivity contribution in [2.45, 2.75) is 17.3 Å². The molecule has 1 aliphatic carbocycles. The molecule has 0 radical (unpaired) electrons. The summed E-state index contributed by atoms with van der Waals surface area (Å²) in [6.07, 6.45) is 0.818. The maximum absolute atomic E-state index is 13.2. The van der Waals surface area contributed by atoms with Gasteiger partial charge in [-0.05, 0) is 35.7 Å². The van der Waals surface area contributed by atoms with Crippen LogP contribution in [0.5, 0.6) is 0 Å². The first kappa shape index (κ1) is 14.2. The molecule has 0 spiro atoms. The predicted octanol–water partition coefficient (Wildman–Crippen LogP) is 3.76. The molecule has 0 saturated heterocycles. The summed E-state index contributed by atoms with van der Waals surface area (Å²) in [5.74, 6) is -2.40. The van der Waals surface area contributed by atoms with Crippen molar-refractivity contribution < 1.29 is 13.6 Å². The summed E-state index contributed by atoms with van der Waals surface area (Å²) in [5.41, 5.74) is 2.34. The van der Waals surface area contributed by atoms with Crippen LogP contribution in [0.2, 0.25) is 0 Å². The highest BCUT2D eigenvalue weighted by Crippen LogP contribution is 2.35. The van der Waals surface area contributed by atoms with Crippen LogP contribution in [0.4, 0.5) is 8.78 Å². The average molecular weight is 352 g/mol. The maximum atomic E-state index is 13.2. The molecule has 108 valence electrons. The van der Waals surface area contributed by atoms with E-state index in [1.165, 1.54) is 11.6 Å². The molecular weight excluding hydrogens is 340 g/mol. The fourth-order valence-corrected chi connectivity index (χ4v) is 3.34. The molecule has 2 atom stereocenters. The van der Waals surface area contributed by atoms with Gasteiger partial charge in [0.05, 0.1) is 6.04 Å². The first-order chi connectivity index (χ1) is 10.1. The Morgan fingerprint density at radius 1 is 1.14 bits per heavy atom. The Bertz CT molecular complexity index is 704. The topological polar surface area (TPSA) is 29.1 Å². The molecule has 1 amide bonds. The molecule has 0 bridgehead atoms. The van der Waals surface area contributed by atoms with Gasteiger partial charge in [0.25, 0.3) is 5.91 Å². The van der Waals surface area contributed by atoms with Crippen LogP contribution < -0.4 is 5.32 Å². The summed E-state index contributed by atoms with van der Waals surface area (Å²) in [6, 6.07) is 10.8. The molecule has 21 heavy (non-hydrogen) atoms. The molecule has 2 aromatic rings. The molecular formula is C16H12BrF2NO. The van der Waals surface area contributed by atoms with Gasteiger partial charge in [-0.3, -0.25) is 4.79 Å². The van der Waals surface area contributed by atoms with Gasteiger partial charge in [0.2, 0.25) is 0 Å². The Labute approximate surface area is 129 Å². The lowest BCUT2D eigenvalue weighted by atomic mass is 10.1. The summed E-state index contributed by atoms with van der Waals surface area (Å²) in [6.45, 7) is 0. The lowest BCUT2D eigenvalue weighted by molar-refractivity contribution is 0.0937. The maximum Gasteiger partial charge on any atom is 0.251 e. The van der Waals surface area contributed by atoms with Gasteiger partial charge in [-0.25, -0.2) is 8.78 Å². The van der Waals surface area contributed by atoms with Gasteiger partial charge in [0, 0.05) is 10.4 Å². The first-order valence-corrected chi connectivity index (χ1v) is 7.45. The molecule has 2 unspecified atom stereocenters. The Morgan fingerprint density at radius 2 is 1.90 bits per heavy atom. The highest BCUT2D eigenvalue weighted by atomic mass is 79.9. The number of carbonyl (C=O) groups is 1. The smallest absolute Gasteiger partial charge is 0.251 e. The monoisotopic (exact) mass is 351 g/mol. The number of benzene rings is 2. The van der Waals surface area contributed by atoms with Gasteiger partial charge < -0.3 is 5.32 Å². The second kappa shape index (κ2) is 5.56. The van der Waals surface area contributed by atoms with E-state index >= 15 is 0 Å². The quantitative estimate of drug-likeness (QED) is 0.820. The van der Waals surface area contributed by atoms with Crippen molar-refractivity contribution in [2.75, 3.05) is 0 Å². The van der Waals surface area contributed by atoms with Crippen molar-refractivity contribution in [3.63, 3.8) is 0 Å². The zero-order valence-electron chi connectivity index (χ0n) is 10.9. The molecule has 2 nitrogen and oxygen atoms in total. The molecule has 0 aromatic heterocycles. The van der Waals surface area contributed by atoms with E-state index in [4.69, 9.17) is 0 Å². The SMILES string of the molecule is O=C(NC1c2ccccc2CC1Br)c1ccc(F)c(F)c1. The van der Waals surface area contributed by atoms with Crippen molar-refractivity contribution in [3.05, 3.63) is 70.8 Å². The molecule has 1 N–H and O–H groups in total. The van der Waals surface area contributed by atoms with Crippen LogP contribution in [0.3, 0.4) is 0 Å². The Morgan fingerprint density at radius 3 is 2.67 bits per heavy atom. The molecule has 5 heteroatoms. The van der Waals surface area contributed by atoms with Gasteiger partial charge >= 0.3 is 0 Å². The van der Waals surface area contributed by atoms with Crippen molar-refractivity contribution in [1.82, 2.24) is 5.32 Å². The molecule has 0 heterocycles. The number of amides is 1. The standard InChI is InChI=1S/C16H12BrF2NO/c17-12-7-9-3-1-2-4-11(9)15(12)20-16(21)10-5-6-13(18)14(19)8-10/h1-6,8,12,15H,7H2,(H,20,21). The first-order valence-electron chi connectivity index (χ1n) is 6.54. The van der Waals surface area contributed by atoms with Crippen molar-refractivity contribution in [2.24, 2.45) is 0 Å². The number of alkyl halides is 1. The van der Waals surface area contributed by atoms with E-state index in [-0.39, 0.29) is 16.4 Å². The second-order valence-corrected chi connectivity index (χ2v) is 6.18. The Kier molecular flexibility index (Phi) is 3.76. The van der Waals surface area contributed by atoms with Crippen LogP contribution in [0.1, 0.15) is 27.5 Å². The third kappa shape index (κ3) is 2.70. The number of halogens is 3. The van der Waals surface area contributed by atoms with Crippen molar-refractivity contribution >= 4 is 21.8 Å². The lowest BCUT2D eigenvalue weighted by Crippen LogP contribution is -2.31. The van der Waals surface area contributed by atoms with E-state index in [1.807, 2.05) is 24.3 Å². The van der Waals surface area contributed by atoms with Gasteiger partial charge in [-0.15, -0.1) is 0 Å². The Hall–Kier alpha value is -1.75. The summed E-state index contributed by atoms with van der Waals surface area (Å²) < 4.78 is 26.1. The van der Waals surface area contributed by atoms with Crippen LogP contribution in [-0.4, -0.2) is 10.7 Å². The fourth-order valence-electron chi connectivity index (χ4n) is 2.58. The molecule has 0 fully saturated rings. The molecule has 1 aliphatic rings. The van der Waals surface area contributed by atoms with E-state index in [0.717, 1.165) is 24.1 Å². The lowest BCUT2D eigenvalue weighted by Gasteiger charge is -2.17. The highest BCUT2D eigenvalue weighted by molar-refractivity contribution is 9.09. The highest BCUT2D eigenvalue weighted by Gasteiger charge is 2.31. The normalized spacial score (nSPS) is 20.1. The predicted molar refractivity (Wildman–Crippen MR) is 79.4 cm³/mol.